The number of rotatable bonds is 5. The first-order chi connectivity index (χ1) is 12.4. The summed E-state index contributed by atoms with van der Waals surface area (Å²) in [6.07, 6.45) is 6.66. The molecule has 1 saturated heterocycles. The Morgan fingerprint density at radius 1 is 1.15 bits per heavy atom. The van der Waals surface area contributed by atoms with Gasteiger partial charge in [-0.1, -0.05) is 12.2 Å². The van der Waals surface area contributed by atoms with E-state index in [1.54, 1.807) is 4.90 Å². The first kappa shape index (κ1) is 18.5. The number of piperazine rings is 1. The molecule has 0 spiro atoms. The van der Waals surface area contributed by atoms with Crippen molar-refractivity contribution in [2.45, 2.75) is 24.2 Å². The largest absolute Gasteiger partial charge is 0.340 e. The quantitative estimate of drug-likeness (QED) is 0.441. The molecule has 9 heteroatoms. The van der Waals surface area contributed by atoms with Gasteiger partial charge in [-0.15, -0.1) is 0 Å². The Kier molecular flexibility index (Phi) is 5.38. The highest BCUT2D eigenvalue weighted by atomic mass is 32.2. The highest BCUT2D eigenvalue weighted by Gasteiger charge is 2.31. The minimum Gasteiger partial charge on any atom is -0.340 e. The van der Waals surface area contributed by atoms with E-state index in [-0.39, 0.29) is 29.6 Å². The average Bonchev–Trinajstić information content (AvgIpc) is 3.15. The van der Waals surface area contributed by atoms with Gasteiger partial charge in [-0.3, -0.25) is 14.9 Å². The van der Waals surface area contributed by atoms with E-state index in [1.807, 2.05) is 0 Å². The molecule has 0 aromatic heterocycles. The lowest BCUT2D eigenvalue weighted by molar-refractivity contribution is -0.384. The molecule has 26 heavy (non-hydrogen) atoms. The molecule has 1 fully saturated rings. The summed E-state index contributed by atoms with van der Waals surface area (Å²) < 4.78 is 26.7. The fraction of sp³-hybridized carbons (Fsp3) is 0.471. The third-order valence-electron chi connectivity index (χ3n) is 4.83. The summed E-state index contributed by atoms with van der Waals surface area (Å²) in [4.78, 5) is 24.2. The van der Waals surface area contributed by atoms with E-state index < -0.39 is 14.9 Å². The van der Waals surface area contributed by atoms with Crippen LogP contribution >= 0.6 is 0 Å². The van der Waals surface area contributed by atoms with Gasteiger partial charge < -0.3 is 4.90 Å². The zero-order valence-corrected chi connectivity index (χ0v) is 15.1. The fourth-order valence-electron chi connectivity index (χ4n) is 3.29. The Morgan fingerprint density at radius 3 is 2.35 bits per heavy atom. The van der Waals surface area contributed by atoms with Crippen LogP contribution in [0.2, 0.25) is 0 Å². The van der Waals surface area contributed by atoms with Crippen molar-refractivity contribution < 1.29 is 18.1 Å². The zero-order chi connectivity index (χ0) is 18.7. The van der Waals surface area contributed by atoms with Crippen molar-refractivity contribution >= 4 is 21.6 Å². The second-order valence-electron chi connectivity index (χ2n) is 6.51. The number of carbonyl (C=O) groups excluding carboxylic acids is 1. The van der Waals surface area contributed by atoms with E-state index in [0.717, 1.165) is 12.8 Å². The van der Waals surface area contributed by atoms with Crippen molar-refractivity contribution in [2.24, 2.45) is 5.92 Å². The minimum absolute atomic E-state index is 0.0268. The lowest BCUT2D eigenvalue weighted by atomic mass is 10.0. The van der Waals surface area contributed by atoms with Crippen molar-refractivity contribution in [1.82, 2.24) is 9.21 Å². The standard InChI is InChI=1S/C17H21N3O5S/c21-17(13-14-3-1-2-4-14)18-9-11-19(12-10-18)26(24,25)16-7-5-15(6-8-16)20(22)23/h1,3,5-8,14H,2,4,9-13H2. The van der Waals surface area contributed by atoms with Gasteiger partial charge in [-0.2, -0.15) is 4.31 Å². The Bertz CT molecular complexity index is 811. The van der Waals surface area contributed by atoms with E-state index in [9.17, 15) is 23.3 Å². The van der Waals surface area contributed by atoms with Gasteiger partial charge in [0.05, 0.1) is 9.82 Å². The minimum atomic E-state index is -3.71. The number of nitro groups is 1. The van der Waals surface area contributed by atoms with Crippen LogP contribution < -0.4 is 0 Å². The summed E-state index contributed by atoms with van der Waals surface area (Å²) >= 11 is 0. The molecule has 1 aliphatic carbocycles. The number of allylic oxidation sites excluding steroid dienone is 2. The van der Waals surface area contributed by atoms with Crippen LogP contribution in [0.4, 0.5) is 5.69 Å². The van der Waals surface area contributed by atoms with Gasteiger partial charge in [0, 0.05) is 44.7 Å². The smallest absolute Gasteiger partial charge is 0.269 e. The molecule has 0 radical (unpaired) electrons. The number of benzene rings is 1. The van der Waals surface area contributed by atoms with Crippen LogP contribution in [0.15, 0.2) is 41.3 Å². The molecule has 1 unspecified atom stereocenters. The molecule has 1 aliphatic heterocycles. The van der Waals surface area contributed by atoms with Crippen molar-refractivity contribution in [3.8, 4) is 0 Å². The zero-order valence-electron chi connectivity index (χ0n) is 14.3. The van der Waals surface area contributed by atoms with Crippen LogP contribution in [0.3, 0.4) is 0 Å². The van der Waals surface area contributed by atoms with Gasteiger partial charge in [0.25, 0.3) is 5.69 Å². The van der Waals surface area contributed by atoms with E-state index in [0.29, 0.717) is 25.4 Å². The number of non-ortho nitro benzene ring substituents is 1. The predicted molar refractivity (Wildman–Crippen MR) is 94.9 cm³/mol. The van der Waals surface area contributed by atoms with Gasteiger partial charge in [0.15, 0.2) is 0 Å². The maximum absolute atomic E-state index is 12.7. The molecular formula is C17H21N3O5S. The second-order valence-corrected chi connectivity index (χ2v) is 8.44. The molecule has 1 amide bonds. The third-order valence-corrected chi connectivity index (χ3v) is 6.74. The van der Waals surface area contributed by atoms with Gasteiger partial charge in [-0.05, 0) is 30.9 Å². The first-order valence-electron chi connectivity index (χ1n) is 8.57. The number of nitrogens with zero attached hydrogens (tertiary/aromatic N) is 3. The van der Waals surface area contributed by atoms with Crippen molar-refractivity contribution in [3.63, 3.8) is 0 Å². The van der Waals surface area contributed by atoms with Crippen LogP contribution in [0.25, 0.3) is 0 Å². The Morgan fingerprint density at radius 2 is 1.81 bits per heavy atom. The van der Waals surface area contributed by atoms with E-state index in [4.69, 9.17) is 0 Å². The van der Waals surface area contributed by atoms with Crippen molar-refractivity contribution in [1.29, 1.82) is 0 Å². The van der Waals surface area contributed by atoms with Gasteiger partial charge in [0.2, 0.25) is 15.9 Å². The summed E-state index contributed by atoms with van der Waals surface area (Å²) in [7, 11) is -3.71. The monoisotopic (exact) mass is 379 g/mol. The topological polar surface area (TPSA) is 101 Å². The summed E-state index contributed by atoms with van der Waals surface area (Å²) in [6, 6.07) is 4.86. The number of hydrogen-bond acceptors (Lipinski definition) is 5. The van der Waals surface area contributed by atoms with E-state index in [1.165, 1.54) is 28.6 Å². The summed E-state index contributed by atoms with van der Waals surface area (Å²) in [5.41, 5.74) is -0.152. The second kappa shape index (κ2) is 7.55. The molecular weight excluding hydrogens is 358 g/mol. The van der Waals surface area contributed by atoms with Gasteiger partial charge in [-0.25, -0.2) is 8.42 Å². The summed E-state index contributed by atoms with van der Waals surface area (Å²) in [5.74, 6) is 0.360. The molecule has 1 aromatic rings. The number of hydrogen-bond donors (Lipinski definition) is 0. The molecule has 8 nitrogen and oxygen atoms in total. The summed E-state index contributed by atoms with van der Waals surface area (Å²) in [6.45, 7) is 1.18. The average molecular weight is 379 g/mol. The third kappa shape index (κ3) is 3.94. The fourth-order valence-corrected chi connectivity index (χ4v) is 4.71. The molecule has 2 aliphatic rings. The molecule has 3 rings (SSSR count). The van der Waals surface area contributed by atoms with E-state index >= 15 is 0 Å². The lowest BCUT2D eigenvalue weighted by Gasteiger charge is -2.34. The van der Waals surface area contributed by atoms with Crippen LogP contribution in [-0.2, 0) is 14.8 Å². The SMILES string of the molecule is O=C(CC1C=CCC1)N1CCN(S(=O)(=O)c2ccc([N+](=O)[O-])cc2)CC1. The first-order valence-corrected chi connectivity index (χ1v) is 10.0. The molecule has 1 atom stereocenters. The van der Waals surface area contributed by atoms with Crippen LogP contribution in [0, 0.1) is 16.0 Å². The molecule has 1 aromatic carbocycles. The number of nitro benzene ring substituents is 1. The van der Waals surface area contributed by atoms with Gasteiger partial charge >= 0.3 is 0 Å². The van der Waals surface area contributed by atoms with Crippen LogP contribution in [-0.4, -0.2) is 54.6 Å². The molecule has 1 heterocycles. The number of amides is 1. The Hall–Kier alpha value is -2.26. The van der Waals surface area contributed by atoms with Crippen molar-refractivity contribution in [3.05, 3.63) is 46.5 Å². The lowest BCUT2D eigenvalue weighted by Crippen LogP contribution is -2.50. The van der Waals surface area contributed by atoms with Crippen molar-refractivity contribution in [2.75, 3.05) is 26.2 Å². The number of carbonyl (C=O) groups is 1. The molecule has 140 valence electrons. The Labute approximate surface area is 152 Å². The normalized spacial score (nSPS) is 21.1. The highest BCUT2D eigenvalue weighted by Crippen LogP contribution is 2.23. The van der Waals surface area contributed by atoms with Gasteiger partial charge in [0.1, 0.15) is 0 Å². The number of sulfonamides is 1. The molecule has 0 saturated carbocycles. The van der Waals surface area contributed by atoms with E-state index in [2.05, 4.69) is 12.2 Å². The van der Waals surface area contributed by atoms with Crippen LogP contribution in [0.1, 0.15) is 19.3 Å². The predicted octanol–water partition coefficient (Wildman–Crippen LogP) is 1.78. The maximum atomic E-state index is 12.7. The highest BCUT2D eigenvalue weighted by molar-refractivity contribution is 7.89. The molecule has 0 bridgehead atoms. The maximum Gasteiger partial charge on any atom is 0.269 e. The van der Waals surface area contributed by atoms with Crippen LogP contribution in [0.5, 0.6) is 0 Å². The summed E-state index contributed by atoms with van der Waals surface area (Å²) in [5, 5.41) is 10.7. The Balaban J connectivity index is 1.60. The molecule has 0 N–H and O–H groups in total.